The summed E-state index contributed by atoms with van der Waals surface area (Å²) in [7, 11) is 1.58. The number of ether oxygens (including phenoxy) is 1. The largest absolute Gasteiger partial charge is 0.384 e. The van der Waals surface area contributed by atoms with Gasteiger partial charge in [0.25, 0.3) is 0 Å². The standard InChI is InChI=1S/C12H17F2NO2/c1-12(16,8-15-5-6-17-2)9-3-4-10(13)11(14)7-9/h3-4,7,15-16H,5-6,8H2,1-2H3. The Morgan fingerprint density at radius 1 is 1.35 bits per heavy atom. The lowest BCUT2D eigenvalue weighted by Crippen LogP contribution is -2.36. The van der Waals surface area contributed by atoms with Crippen molar-refractivity contribution < 1.29 is 18.6 Å². The molecule has 5 heteroatoms. The zero-order chi connectivity index (χ0) is 12.9. The molecule has 0 aliphatic carbocycles. The summed E-state index contributed by atoms with van der Waals surface area (Å²) >= 11 is 0. The molecule has 0 aliphatic rings. The number of halogens is 2. The van der Waals surface area contributed by atoms with Crippen LogP contribution in [0.5, 0.6) is 0 Å². The van der Waals surface area contributed by atoms with E-state index in [0.29, 0.717) is 18.7 Å². The van der Waals surface area contributed by atoms with Crippen molar-refractivity contribution in [1.29, 1.82) is 0 Å². The molecule has 0 spiro atoms. The van der Waals surface area contributed by atoms with Crippen LogP contribution in [-0.2, 0) is 10.3 Å². The van der Waals surface area contributed by atoms with Crippen molar-refractivity contribution >= 4 is 0 Å². The zero-order valence-electron chi connectivity index (χ0n) is 9.96. The van der Waals surface area contributed by atoms with Crippen molar-refractivity contribution in [1.82, 2.24) is 5.32 Å². The molecule has 1 rings (SSSR count). The quantitative estimate of drug-likeness (QED) is 0.745. The first-order valence-corrected chi connectivity index (χ1v) is 5.35. The van der Waals surface area contributed by atoms with Crippen molar-refractivity contribution in [2.45, 2.75) is 12.5 Å². The molecule has 0 aliphatic heterocycles. The molecule has 0 aromatic heterocycles. The highest BCUT2D eigenvalue weighted by Gasteiger charge is 2.23. The van der Waals surface area contributed by atoms with Crippen molar-refractivity contribution in [3.05, 3.63) is 35.4 Å². The van der Waals surface area contributed by atoms with Crippen molar-refractivity contribution in [3.8, 4) is 0 Å². The third kappa shape index (κ3) is 4.03. The van der Waals surface area contributed by atoms with Gasteiger partial charge in [-0.3, -0.25) is 0 Å². The van der Waals surface area contributed by atoms with Gasteiger partial charge in [-0.15, -0.1) is 0 Å². The predicted molar refractivity (Wildman–Crippen MR) is 60.7 cm³/mol. The molecule has 3 nitrogen and oxygen atoms in total. The van der Waals surface area contributed by atoms with E-state index in [1.165, 1.54) is 6.07 Å². The van der Waals surface area contributed by atoms with E-state index < -0.39 is 17.2 Å². The Balaban J connectivity index is 2.64. The van der Waals surface area contributed by atoms with Crippen LogP contribution in [0.25, 0.3) is 0 Å². The summed E-state index contributed by atoms with van der Waals surface area (Å²) < 4.78 is 30.6. The normalized spacial score (nSPS) is 14.6. The second-order valence-corrected chi connectivity index (χ2v) is 4.07. The Morgan fingerprint density at radius 3 is 2.65 bits per heavy atom. The van der Waals surface area contributed by atoms with E-state index in [1.807, 2.05) is 0 Å². The van der Waals surface area contributed by atoms with Gasteiger partial charge in [0.15, 0.2) is 11.6 Å². The van der Waals surface area contributed by atoms with Gasteiger partial charge >= 0.3 is 0 Å². The minimum absolute atomic E-state index is 0.238. The van der Waals surface area contributed by atoms with Gasteiger partial charge in [-0.25, -0.2) is 8.78 Å². The number of hydrogen-bond acceptors (Lipinski definition) is 3. The van der Waals surface area contributed by atoms with Crippen molar-refractivity contribution in [3.63, 3.8) is 0 Å². The van der Waals surface area contributed by atoms with Gasteiger partial charge < -0.3 is 15.2 Å². The third-order valence-corrected chi connectivity index (χ3v) is 2.49. The van der Waals surface area contributed by atoms with E-state index >= 15 is 0 Å². The molecule has 0 saturated carbocycles. The Bertz CT molecular complexity index is 370. The van der Waals surface area contributed by atoms with Gasteiger partial charge in [-0.05, 0) is 24.6 Å². The van der Waals surface area contributed by atoms with Crippen LogP contribution in [0.4, 0.5) is 8.78 Å². The van der Waals surface area contributed by atoms with E-state index in [1.54, 1.807) is 14.0 Å². The maximum Gasteiger partial charge on any atom is 0.159 e. The average molecular weight is 245 g/mol. The second kappa shape index (κ2) is 6.05. The molecule has 0 bridgehead atoms. The van der Waals surface area contributed by atoms with Crippen molar-refractivity contribution in [2.75, 3.05) is 26.8 Å². The molecule has 1 aromatic carbocycles. The topological polar surface area (TPSA) is 41.5 Å². The molecule has 1 unspecified atom stereocenters. The molecular weight excluding hydrogens is 228 g/mol. The molecule has 1 aromatic rings. The fourth-order valence-corrected chi connectivity index (χ4v) is 1.44. The lowest BCUT2D eigenvalue weighted by molar-refractivity contribution is 0.0545. The smallest absolute Gasteiger partial charge is 0.159 e. The first kappa shape index (κ1) is 14.0. The monoisotopic (exact) mass is 245 g/mol. The zero-order valence-corrected chi connectivity index (χ0v) is 9.96. The summed E-state index contributed by atoms with van der Waals surface area (Å²) in [5.41, 5.74) is -0.913. The number of nitrogens with one attached hydrogen (secondary N) is 1. The van der Waals surface area contributed by atoms with Crippen LogP contribution in [0, 0.1) is 11.6 Å². The number of rotatable bonds is 6. The number of hydrogen-bond donors (Lipinski definition) is 2. The summed E-state index contributed by atoms with van der Waals surface area (Å²) in [5, 5.41) is 13.1. The minimum atomic E-state index is -1.25. The highest BCUT2D eigenvalue weighted by Crippen LogP contribution is 2.21. The van der Waals surface area contributed by atoms with E-state index in [2.05, 4.69) is 5.32 Å². The molecule has 1 atom stereocenters. The molecule has 17 heavy (non-hydrogen) atoms. The van der Waals surface area contributed by atoms with Crippen LogP contribution in [0.15, 0.2) is 18.2 Å². The lowest BCUT2D eigenvalue weighted by Gasteiger charge is -2.24. The Labute approximate surface area is 99.4 Å². The predicted octanol–water partition coefficient (Wildman–Crippen LogP) is 1.41. The maximum absolute atomic E-state index is 13.0. The maximum atomic E-state index is 13.0. The van der Waals surface area contributed by atoms with Gasteiger partial charge in [-0.1, -0.05) is 6.07 Å². The van der Waals surface area contributed by atoms with Crippen LogP contribution < -0.4 is 5.32 Å². The highest BCUT2D eigenvalue weighted by atomic mass is 19.2. The van der Waals surface area contributed by atoms with Crippen LogP contribution >= 0.6 is 0 Å². The molecular formula is C12H17F2NO2. The van der Waals surface area contributed by atoms with Gasteiger partial charge in [0.2, 0.25) is 0 Å². The summed E-state index contributed by atoms with van der Waals surface area (Å²) in [6, 6.07) is 3.39. The Hall–Kier alpha value is -1.04. The number of methoxy groups -OCH3 is 1. The third-order valence-electron chi connectivity index (χ3n) is 2.49. The number of benzene rings is 1. The van der Waals surface area contributed by atoms with Gasteiger partial charge in [-0.2, -0.15) is 0 Å². The molecule has 0 fully saturated rings. The van der Waals surface area contributed by atoms with E-state index in [0.717, 1.165) is 12.1 Å². The average Bonchev–Trinajstić information content (AvgIpc) is 2.28. The fraction of sp³-hybridized carbons (Fsp3) is 0.500. The van der Waals surface area contributed by atoms with Crippen LogP contribution in [-0.4, -0.2) is 31.9 Å². The summed E-state index contributed by atoms with van der Waals surface area (Å²) in [6.45, 7) is 2.88. The van der Waals surface area contributed by atoms with Gasteiger partial charge in [0.1, 0.15) is 0 Å². The molecule has 96 valence electrons. The molecule has 2 N–H and O–H groups in total. The first-order valence-electron chi connectivity index (χ1n) is 5.35. The molecule has 0 saturated heterocycles. The molecule has 0 heterocycles. The van der Waals surface area contributed by atoms with E-state index in [-0.39, 0.29) is 6.54 Å². The minimum Gasteiger partial charge on any atom is -0.384 e. The SMILES string of the molecule is COCCNCC(C)(O)c1ccc(F)c(F)c1. The van der Waals surface area contributed by atoms with Crippen LogP contribution in [0.1, 0.15) is 12.5 Å². The molecule has 0 amide bonds. The summed E-state index contributed by atoms with van der Waals surface area (Å²) in [5.74, 6) is -1.88. The number of aliphatic hydroxyl groups is 1. The van der Waals surface area contributed by atoms with E-state index in [9.17, 15) is 13.9 Å². The first-order chi connectivity index (χ1) is 7.97. The van der Waals surface area contributed by atoms with Gasteiger partial charge in [0.05, 0.1) is 12.2 Å². The second-order valence-electron chi connectivity index (χ2n) is 4.07. The fourth-order valence-electron chi connectivity index (χ4n) is 1.44. The molecule has 0 radical (unpaired) electrons. The van der Waals surface area contributed by atoms with E-state index in [4.69, 9.17) is 4.74 Å². The Morgan fingerprint density at radius 2 is 2.06 bits per heavy atom. The van der Waals surface area contributed by atoms with Crippen molar-refractivity contribution in [2.24, 2.45) is 0 Å². The highest BCUT2D eigenvalue weighted by molar-refractivity contribution is 5.23. The van der Waals surface area contributed by atoms with Gasteiger partial charge in [0, 0.05) is 20.2 Å². The summed E-state index contributed by atoms with van der Waals surface area (Å²) in [6.07, 6.45) is 0. The Kier molecular flexibility index (Phi) is 4.99. The van der Waals surface area contributed by atoms with Crippen LogP contribution in [0.2, 0.25) is 0 Å². The lowest BCUT2D eigenvalue weighted by atomic mass is 9.96. The van der Waals surface area contributed by atoms with Crippen LogP contribution in [0.3, 0.4) is 0 Å². The summed E-state index contributed by atoms with van der Waals surface area (Å²) in [4.78, 5) is 0.